The van der Waals surface area contributed by atoms with Crippen molar-refractivity contribution in [2.45, 2.75) is 58.6 Å². The highest BCUT2D eigenvalue weighted by molar-refractivity contribution is 7.80. The third-order valence-electron chi connectivity index (χ3n) is 6.19. The fourth-order valence-electron chi connectivity index (χ4n) is 4.12. The van der Waals surface area contributed by atoms with E-state index in [9.17, 15) is 0 Å². The molecule has 0 aliphatic carbocycles. The van der Waals surface area contributed by atoms with Gasteiger partial charge >= 0.3 is 0 Å². The van der Waals surface area contributed by atoms with E-state index in [0.29, 0.717) is 41.4 Å². The Bertz CT molecular complexity index is 1430. The highest BCUT2D eigenvalue weighted by Gasteiger charge is 2.21. The van der Waals surface area contributed by atoms with Crippen molar-refractivity contribution in [2.75, 3.05) is 6.61 Å². The molecule has 0 saturated carbocycles. The molecule has 0 aliphatic heterocycles. The highest BCUT2D eigenvalue weighted by atomic mass is 32.1. The van der Waals surface area contributed by atoms with Gasteiger partial charge in [-0.15, -0.1) is 0 Å². The normalized spacial score (nSPS) is 11.8. The Hall–Kier alpha value is -3.14. The first kappa shape index (κ1) is 28.9. The van der Waals surface area contributed by atoms with E-state index in [0.717, 1.165) is 11.6 Å². The van der Waals surface area contributed by atoms with Crippen LogP contribution in [0.15, 0.2) is 60.9 Å². The summed E-state index contributed by atoms with van der Waals surface area (Å²) >= 11 is 5.28. The van der Waals surface area contributed by atoms with Crippen LogP contribution in [0.3, 0.4) is 0 Å². The van der Waals surface area contributed by atoms with E-state index in [4.69, 9.17) is 26.4 Å². The van der Waals surface area contributed by atoms with Crippen molar-refractivity contribution >= 4 is 36.4 Å². The van der Waals surface area contributed by atoms with Gasteiger partial charge in [-0.25, -0.2) is 13.8 Å². The van der Waals surface area contributed by atoms with Crippen molar-refractivity contribution in [3.05, 3.63) is 83.7 Å². The lowest BCUT2D eigenvalue weighted by Gasteiger charge is -2.15. The van der Waals surface area contributed by atoms with E-state index in [1.165, 1.54) is 12.1 Å². The lowest BCUT2D eigenvalue weighted by molar-refractivity contribution is 0.0898. The summed E-state index contributed by atoms with van der Waals surface area (Å²) in [5.74, 6) is -1.09. The van der Waals surface area contributed by atoms with Gasteiger partial charge in [0, 0.05) is 33.5 Å². The number of rotatable bonds is 11. The number of aromatic nitrogens is 2. The number of halogens is 2. The maximum atomic E-state index is 15.2. The van der Waals surface area contributed by atoms with E-state index in [1.807, 2.05) is 29.0 Å². The summed E-state index contributed by atoms with van der Waals surface area (Å²) in [6, 6.07) is 14.1. The van der Waals surface area contributed by atoms with Gasteiger partial charge in [-0.05, 0) is 65.6 Å². The van der Waals surface area contributed by atoms with Gasteiger partial charge in [0.1, 0.15) is 23.9 Å². The quantitative estimate of drug-likeness (QED) is 0.103. The van der Waals surface area contributed by atoms with Crippen LogP contribution in [0.5, 0.6) is 17.2 Å². The fraction of sp³-hybridized carbons (Fsp3) is 0.333. The van der Waals surface area contributed by atoms with E-state index < -0.39 is 25.5 Å². The second kappa shape index (κ2) is 12.4. The summed E-state index contributed by atoms with van der Waals surface area (Å²) < 4.78 is 49.7. The second-order valence-electron chi connectivity index (χ2n) is 11.0. The number of thiocarbonyl (C=S) groups is 1. The molecule has 0 spiro atoms. The summed E-state index contributed by atoms with van der Waals surface area (Å²) in [4.78, 5) is 4.54. The Kier molecular flexibility index (Phi) is 9.14. The van der Waals surface area contributed by atoms with Crippen molar-refractivity contribution < 1.29 is 23.0 Å². The maximum absolute atomic E-state index is 15.2. The van der Waals surface area contributed by atoms with Crippen molar-refractivity contribution in [2.24, 2.45) is 0 Å². The molecule has 39 heavy (non-hydrogen) atoms. The van der Waals surface area contributed by atoms with Gasteiger partial charge in [0.05, 0.1) is 5.39 Å². The summed E-state index contributed by atoms with van der Waals surface area (Å²) in [7, 11) is -1.21. The zero-order chi connectivity index (χ0) is 28.2. The van der Waals surface area contributed by atoms with Crippen molar-refractivity contribution in [3.63, 3.8) is 0 Å². The van der Waals surface area contributed by atoms with Crippen molar-refractivity contribution in [1.82, 2.24) is 9.55 Å². The first-order valence-electron chi connectivity index (χ1n) is 13.0. The van der Waals surface area contributed by atoms with E-state index >= 15 is 8.78 Å². The molecule has 0 N–H and O–H groups in total. The predicted octanol–water partition coefficient (Wildman–Crippen LogP) is 8.49. The monoisotopic (exact) mass is 568 g/mol. The van der Waals surface area contributed by atoms with Crippen LogP contribution in [-0.2, 0) is 17.9 Å². The smallest absolute Gasteiger partial charge is 0.198 e. The van der Waals surface area contributed by atoms with Gasteiger partial charge in [-0.3, -0.25) is 0 Å². The largest absolute Gasteiger partial charge is 0.450 e. The molecule has 206 valence electrons. The minimum absolute atomic E-state index is 0.0793. The Labute approximate surface area is 234 Å². The van der Waals surface area contributed by atoms with Gasteiger partial charge in [0.2, 0.25) is 0 Å². The standard InChI is InChI=1S/C30H34F2N2O3SSi/c1-20(2)23-18-34(19-35-13-14-39(3,4)5)30-28(23)26(11-12-33-30)37-29-24(31)15-21(16-25(29)32)17-27(38)36-22-9-7-6-8-10-22/h6-12,15-16,18,20H,13-14,17,19H2,1-5H3. The average molecular weight is 569 g/mol. The number of fused-ring (bicyclic) bond motifs is 1. The first-order chi connectivity index (χ1) is 18.5. The number of hydrogen-bond acceptors (Lipinski definition) is 5. The van der Waals surface area contributed by atoms with Crippen LogP contribution >= 0.6 is 12.2 Å². The van der Waals surface area contributed by atoms with Crippen LogP contribution in [0.4, 0.5) is 8.78 Å². The third kappa shape index (κ3) is 7.50. The molecule has 4 aromatic rings. The molecule has 2 aromatic heterocycles. The number of pyridine rings is 1. The predicted molar refractivity (Wildman–Crippen MR) is 158 cm³/mol. The summed E-state index contributed by atoms with van der Waals surface area (Å²) in [6.07, 6.45) is 3.63. The molecule has 2 heterocycles. The molecule has 9 heteroatoms. The number of nitrogens with zero attached hydrogens (tertiary/aromatic N) is 2. The Morgan fingerprint density at radius 2 is 1.74 bits per heavy atom. The second-order valence-corrected chi connectivity index (χ2v) is 17.1. The fourth-order valence-corrected chi connectivity index (χ4v) is 5.14. The highest BCUT2D eigenvalue weighted by Crippen LogP contribution is 2.38. The van der Waals surface area contributed by atoms with Crippen LogP contribution in [0, 0.1) is 11.6 Å². The maximum Gasteiger partial charge on any atom is 0.198 e. The number of hydrogen-bond donors (Lipinski definition) is 0. The topological polar surface area (TPSA) is 45.5 Å². The molecule has 0 unspecified atom stereocenters. The summed E-state index contributed by atoms with van der Waals surface area (Å²) in [5.41, 5.74) is 1.95. The molecule has 0 amide bonds. The van der Waals surface area contributed by atoms with Crippen LogP contribution in [0.2, 0.25) is 25.7 Å². The first-order valence-corrected chi connectivity index (χ1v) is 17.1. The van der Waals surface area contributed by atoms with Crippen molar-refractivity contribution in [1.29, 1.82) is 0 Å². The molecule has 0 radical (unpaired) electrons. The third-order valence-corrected chi connectivity index (χ3v) is 8.12. The summed E-state index contributed by atoms with van der Waals surface area (Å²) in [6.45, 7) is 12.0. The molecular weight excluding hydrogens is 534 g/mol. The van der Waals surface area contributed by atoms with Crippen LogP contribution in [0.25, 0.3) is 11.0 Å². The zero-order valence-electron chi connectivity index (χ0n) is 23.0. The lowest BCUT2D eigenvalue weighted by atomic mass is 10.0. The van der Waals surface area contributed by atoms with Gasteiger partial charge in [0.25, 0.3) is 0 Å². The van der Waals surface area contributed by atoms with Gasteiger partial charge in [-0.1, -0.05) is 51.7 Å². The zero-order valence-corrected chi connectivity index (χ0v) is 24.8. The minimum atomic E-state index is -1.21. The SMILES string of the molecule is CC(C)c1cn(COCC[Si](C)(C)C)c2nccc(Oc3c(F)cc(CC(=S)Oc4ccccc4)cc3F)c12. The number of benzene rings is 2. The molecule has 0 saturated heterocycles. The van der Waals surface area contributed by atoms with Crippen LogP contribution in [0.1, 0.15) is 30.9 Å². The van der Waals surface area contributed by atoms with E-state index in [2.05, 4.69) is 38.5 Å². The molecule has 4 rings (SSSR count). The molecular formula is C30H34F2N2O3SSi. The molecule has 0 atom stereocenters. The van der Waals surface area contributed by atoms with E-state index in [1.54, 1.807) is 24.4 Å². The number of para-hydroxylation sites is 1. The molecule has 2 aromatic carbocycles. The molecule has 0 bridgehead atoms. The van der Waals surface area contributed by atoms with Gasteiger partial charge < -0.3 is 18.8 Å². The minimum Gasteiger partial charge on any atom is -0.450 e. The van der Waals surface area contributed by atoms with Crippen LogP contribution in [-0.4, -0.2) is 29.3 Å². The average Bonchev–Trinajstić information content (AvgIpc) is 3.24. The lowest BCUT2D eigenvalue weighted by Crippen LogP contribution is -2.22. The molecule has 0 aliphatic rings. The Balaban J connectivity index is 1.56. The molecule has 0 fully saturated rings. The van der Waals surface area contributed by atoms with E-state index in [-0.39, 0.29) is 17.4 Å². The summed E-state index contributed by atoms with van der Waals surface area (Å²) in [5, 5.41) is 0.918. The van der Waals surface area contributed by atoms with Crippen molar-refractivity contribution in [3.8, 4) is 17.2 Å². The van der Waals surface area contributed by atoms with Gasteiger partial charge in [0.15, 0.2) is 22.4 Å². The van der Waals surface area contributed by atoms with Gasteiger partial charge in [-0.2, -0.15) is 0 Å². The number of ether oxygens (including phenoxy) is 3. The van der Waals surface area contributed by atoms with Crippen LogP contribution < -0.4 is 9.47 Å². The Morgan fingerprint density at radius 1 is 1.05 bits per heavy atom. The molecule has 5 nitrogen and oxygen atoms in total. The Morgan fingerprint density at radius 3 is 2.38 bits per heavy atom.